The normalized spacial score (nSPS) is 18.5. The van der Waals surface area contributed by atoms with Crippen LogP contribution in [0.15, 0.2) is 0 Å². The lowest BCUT2D eigenvalue weighted by Gasteiger charge is -2.11. The van der Waals surface area contributed by atoms with Crippen LogP contribution in [-0.4, -0.2) is 36.0 Å². The van der Waals surface area contributed by atoms with Gasteiger partial charge in [-0.3, -0.25) is 0 Å². The fraction of sp³-hybridized carbons (Fsp3) is 1.00. The molecule has 0 amide bonds. The molecule has 6 N–H and O–H groups in total. The van der Waals surface area contributed by atoms with E-state index in [4.69, 9.17) is 14.4 Å². The maximum Gasteiger partial charge on any atom is 0.397 e. The van der Waals surface area contributed by atoms with Gasteiger partial charge in [-0.1, -0.05) is 0 Å². The van der Waals surface area contributed by atoms with Crippen molar-refractivity contribution in [2.75, 3.05) is 26.2 Å². The zero-order valence-electron chi connectivity index (χ0n) is 6.16. The van der Waals surface area contributed by atoms with Crippen molar-refractivity contribution < 1.29 is 14.4 Å². The molecule has 0 spiro atoms. The molecule has 1 aliphatic rings. The van der Waals surface area contributed by atoms with E-state index in [9.17, 15) is 0 Å². The minimum absolute atomic E-state index is 1.14. The first kappa shape index (κ1) is 11.0. The van der Waals surface area contributed by atoms with Crippen molar-refractivity contribution in [3.63, 3.8) is 0 Å². The van der Waals surface area contributed by atoms with Crippen LogP contribution in [0.4, 0.5) is 0 Å². The Hall–Kier alpha value is 0.0300. The van der Waals surface area contributed by atoms with E-state index in [2.05, 4.69) is 16.1 Å². The molecule has 1 fully saturated rings. The molecule has 0 aromatic carbocycles. The Kier molecular flexibility index (Phi) is 5.67. The summed E-state index contributed by atoms with van der Waals surface area (Å²) >= 11 is 0. The summed E-state index contributed by atoms with van der Waals surface area (Å²) in [6, 6.07) is 0. The molecule has 1 rings (SSSR count). The van der Waals surface area contributed by atoms with Crippen LogP contribution in [0.2, 0.25) is 0 Å². The molecule has 68 valence electrons. The predicted molar refractivity (Wildman–Crippen MR) is 42.0 cm³/mol. The van der Waals surface area contributed by atoms with Gasteiger partial charge in [0.15, 0.2) is 0 Å². The first-order chi connectivity index (χ1) is 5.00. The molecule has 0 aromatic rings. The average molecular weight is 183 g/mol. The Bertz CT molecular complexity index is 113. The van der Waals surface area contributed by atoms with Gasteiger partial charge in [0.05, 0.1) is 0 Å². The number of nitrogens with one attached hydrogen (secondary N) is 2. The second-order valence-corrected chi connectivity index (χ2v) is 3.27. The topological polar surface area (TPSA) is 108 Å². The van der Waals surface area contributed by atoms with Gasteiger partial charge in [-0.15, -0.1) is 0 Å². The summed E-state index contributed by atoms with van der Waals surface area (Å²) in [4.78, 5) is 14.8. The lowest BCUT2D eigenvalue weighted by molar-refractivity contribution is 0.374. The van der Waals surface area contributed by atoms with Crippen LogP contribution in [0.5, 0.6) is 0 Å². The van der Waals surface area contributed by atoms with E-state index in [1.54, 1.807) is 0 Å². The maximum absolute atomic E-state index is 9.10. The Morgan fingerprint density at radius 2 is 1.27 bits per heavy atom. The molecule has 1 saturated heterocycles. The fourth-order valence-corrected chi connectivity index (χ4v) is 0.604. The molecule has 1 aliphatic heterocycles. The fourth-order valence-electron chi connectivity index (χ4n) is 0.604. The number of hydrogen-bond donors (Lipinski definition) is 5. The predicted octanol–water partition coefficient (Wildman–Crippen LogP) is -1.78. The van der Waals surface area contributed by atoms with Crippen LogP contribution in [0.3, 0.4) is 0 Å². The van der Waals surface area contributed by atoms with Gasteiger partial charge in [-0.2, -0.15) is 0 Å². The molecule has 0 aliphatic carbocycles. The van der Waals surface area contributed by atoms with Gasteiger partial charge >= 0.3 is 7.75 Å². The summed E-state index contributed by atoms with van der Waals surface area (Å²) < 4.78 is 9.10. The van der Waals surface area contributed by atoms with Crippen LogP contribution in [-0.2, 0) is 4.57 Å². The van der Waals surface area contributed by atoms with E-state index in [0.29, 0.717) is 0 Å². The van der Waals surface area contributed by atoms with E-state index < -0.39 is 7.75 Å². The molecule has 11 heavy (non-hydrogen) atoms. The van der Waals surface area contributed by atoms with E-state index in [0.717, 1.165) is 26.2 Å². The van der Waals surface area contributed by atoms with Gasteiger partial charge in [-0.25, -0.2) is 10.1 Å². The van der Waals surface area contributed by atoms with Gasteiger partial charge in [0.25, 0.3) is 0 Å². The molecule has 7 heteroatoms. The molecule has 6 nitrogen and oxygen atoms in total. The highest BCUT2D eigenvalue weighted by atomic mass is 31.2. The largest absolute Gasteiger partial charge is 0.397 e. The Labute approximate surface area is 65.4 Å². The van der Waals surface area contributed by atoms with Crippen molar-refractivity contribution >= 4 is 7.75 Å². The summed E-state index contributed by atoms with van der Waals surface area (Å²) in [5.74, 6) is 0. The molecule has 0 aromatic heterocycles. The molecule has 0 radical (unpaired) electrons. The Balaban J connectivity index is 0.000000187. The van der Waals surface area contributed by atoms with Crippen molar-refractivity contribution in [1.82, 2.24) is 10.6 Å². The lowest BCUT2D eigenvalue weighted by Crippen LogP contribution is -2.39. The third-order valence-corrected chi connectivity index (χ3v) is 0.957. The molecular formula is C4H14N3O3P. The zero-order valence-corrected chi connectivity index (χ0v) is 7.05. The monoisotopic (exact) mass is 183 g/mol. The van der Waals surface area contributed by atoms with Crippen LogP contribution in [0.1, 0.15) is 0 Å². The molecule has 1 heterocycles. The Morgan fingerprint density at radius 1 is 1.09 bits per heavy atom. The second-order valence-electron chi connectivity index (χ2n) is 2.09. The molecule has 0 saturated carbocycles. The molecule has 0 atom stereocenters. The third-order valence-electron chi connectivity index (χ3n) is 0.957. The summed E-state index contributed by atoms with van der Waals surface area (Å²) in [5.41, 5.74) is 4.02. The number of hydrogen-bond acceptors (Lipinski definition) is 3. The van der Waals surface area contributed by atoms with E-state index in [1.165, 1.54) is 0 Å². The van der Waals surface area contributed by atoms with Gasteiger partial charge < -0.3 is 20.4 Å². The number of nitrogens with two attached hydrogens (primary N) is 1. The summed E-state index contributed by atoms with van der Waals surface area (Å²) in [7, 11) is -4.14. The first-order valence-corrected chi connectivity index (χ1v) is 4.94. The highest BCUT2D eigenvalue weighted by molar-refractivity contribution is 7.49. The average Bonchev–Trinajstić information content (AvgIpc) is 1.88. The lowest BCUT2D eigenvalue weighted by atomic mass is 10.4. The standard InChI is InChI=1S/C4H10N2.H4NO3P/c1-2-6-4-3-5-1;1-5(2,3)4/h5-6H,1-4H2;(H4,1,2,3,4). The van der Waals surface area contributed by atoms with Crippen molar-refractivity contribution in [3.8, 4) is 0 Å². The molecule has 0 unspecified atom stereocenters. The quantitative estimate of drug-likeness (QED) is 0.284. The van der Waals surface area contributed by atoms with Crippen molar-refractivity contribution in [1.29, 1.82) is 0 Å². The van der Waals surface area contributed by atoms with Gasteiger partial charge in [0.2, 0.25) is 0 Å². The third kappa shape index (κ3) is 17.8. The minimum atomic E-state index is -4.14. The number of rotatable bonds is 0. The van der Waals surface area contributed by atoms with Gasteiger partial charge in [0.1, 0.15) is 0 Å². The zero-order chi connectivity index (χ0) is 8.74. The first-order valence-electron chi connectivity index (χ1n) is 3.25. The highest BCUT2D eigenvalue weighted by Gasteiger charge is 1.96. The number of piperazine rings is 1. The van der Waals surface area contributed by atoms with Crippen LogP contribution in [0, 0.1) is 0 Å². The smallest absolute Gasteiger partial charge is 0.314 e. The molecule has 0 bridgehead atoms. The Morgan fingerprint density at radius 3 is 1.36 bits per heavy atom. The van der Waals surface area contributed by atoms with E-state index in [-0.39, 0.29) is 0 Å². The molecular weight excluding hydrogens is 169 g/mol. The van der Waals surface area contributed by atoms with Crippen LogP contribution in [0.25, 0.3) is 0 Å². The minimum Gasteiger partial charge on any atom is -0.314 e. The summed E-state index contributed by atoms with van der Waals surface area (Å²) in [5, 5.41) is 6.44. The van der Waals surface area contributed by atoms with Crippen molar-refractivity contribution in [2.45, 2.75) is 0 Å². The SMILES string of the molecule is C1CNCCN1.NP(=O)(O)O. The van der Waals surface area contributed by atoms with E-state index >= 15 is 0 Å². The van der Waals surface area contributed by atoms with Gasteiger partial charge in [0, 0.05) is 26.2 Å². The van der Waals surface area contributed by atoms with Crippen molar-refractivity contribution in [3.05, 3.63) is 0 Å². The summed E-state index contributed by atoms with van der Waals surface area (Å²) in [6.45, 7) is 4.56. The van der Waals surface area contributed by atoms with E-state index in [1.807, 2.05) is 0 Å². The van der Waals surface area contributed by atoms with Crippen LogP contribution >= 0.6 is 7.75 Å². The summed E-state index contributed by atoms with van der Waals surface area (Å²) in [6.07, 6.45) is 0. The maximum atomic E-state index is 9.10. The highest BCUT2D eigenvalue weighted by Crippen LogP contribution is 2.20. The second kappa shape index (κ2) is 5.65. The van der Waals surface area contributed by atoms with Crippen LogP contribution < -0.4 is 16.1 Å². The van der Waals surface area contributed by atoms with Gasteiger partial charge in [-0.05, 0) is 0 Å². The van der Waals surface area contributed by atoms with Crippen molar-refractivity contribution in [2.24, 2.45) is 5.50 Å².